The summed E-state index contributed by atoms with van der Waals surface area (Å²) in [7, 11) is 1.44. The van der Waals surface area contributed by atoms with Gasteiger partial charge in [0.05, 0.1) is 18.5 Å². The summed E-state index contributed by atoms with van der Waals surface area (Å²) >= 11 is 0. The van der Waals surface area contributed by atoms with Crippen molar-refractivity contribution in [3.63, 3.8) is 0 Å². The second-order valence-electron chi connectivity index (χ2n) is 10.0. The van der Waals surface area contributed by atoms with Crippen molar-refractivity contribution < 1.29 is 24.2 Å². The Morgan fingerprint density at radius 3 is 2.27 bits per heavy atom. The quantitative estimate of drug-likeness (QED) is 0.335. The molecule has 0 radical (unpaired) electrons. The van der Waals surface area contributed by atoms with Gasteiger partial charge < -0.3 is 26.0 Å². The first-order valence-electron chi connectivity index (χ1n) is 12.0. The fourth-order valence-corrected chi connectivity index (χ4v) is 3.79. The monoisotopic (exact) mass is 505 g/mol. The SMILES string of the molecule is COc1cc(C(=O)CCC(C)(O)c2cc(C(C)(C)N)cc(-c3ccc(C)cc3)n2)ccc1OCC(N)=O. The molecule has 2 aromatic carbocycles. The molecule has 8 heteroatoms. The number of aliphatic hydroxyl groups is 1. The number of rotatable bonds is 11. The van der Waals surface area contributed by atoms with Gasteiger partial charge in [-0.3, -0.25) is 9.59 Å². The third kappa shape index (κ3) is 7.15. The topological polar surface area (TPSA) is 138 Å². The van der Waals surface area contributed by atoms with Gasteiger partial charge in [0.25, 0.3) is 5.91 Å². The number of ether oxygens (including phenoxy) is 2. The third-order valence-corrected chi connectivity index (χ3v) is 6.16. The summed E-state index contributed by atoms with van der Waals surface area (Å²) in [6.45, 7) is 7.15. The molecule has 1 atom stereocenters. The van der Waals surface area contributed by atoms with Crippen LogP contribution in [0.2, 0.25) is 0 Å². The van der Waals surface area contributed by atoms with E-state index >= 15 is 0 Å². The number of pyridine rings is 1. The van der Waals surface area contributed by atoms with E-state index in [1.165, 1.54) is 7.11 Å². The molecule has 1 heterocycles. The van der Waals surface area contributed by atoms with E-state index in [4.69, 9.17) is 25.9 Å². The van der Waals surface area contributed by atoms with E-state index in [-0.39, 0.29) is 25.2 Å². The van der Waals surface area contributed by atoms with Crippen LogP contribution in [0.1, 0.15) is 60.8 Å². The molecule has 0 aliphatic carbocycles. The Hall–Kier alpha value is -3.75. The largest absolute Gasteiger partial charge is 0.493 e. The molecule has 5 N–H and O–H groups in total. The highest BCUT2D eigenvalue weighted by Crippen LogP contribution is 2.33. The lowest BCUT2D eigenvalue weighted by Gasteiger charge is -2.27. The Labute approximate surface area is 217 Å². The van der Waals surface area contributed by atoms with Gasteiger partial charge in [0.15, 0.2) is 23.9 Å². The summed E-state index contributed by atoms with van der Waals surface area (Å²) in [5.74, 6) is -0.195. The number of nitrogens with two attached hydrogens (primary N) is 2. The molecule has 0 saturated heterocycles. The van der Waals surface area contributed by atoms with Gasteiger partial charge >= 0.3 is 0 Å². The van der Waals surface area contributed by atoms with Crippen molar-refractivity contribution in [3.05, 3.63) is 77.0 Å². The van der Waals surface area contributed by atoms with Crippen molar-refractivity contribution >= 4 is 11.7 Å². The van der Waals surface area contributed by atoms with Crippen LogP contribution in [0, 0.1) is 6.92 Å². The van der Waals surface area contributed by atoms with Gasteiger partial charge in [0, 0.05) is 23.1 Å². The maximum absolute atomic E-state index is 13.0. The number of aromatic nitrogens is 1. The first kappa shape index (κ1) is 27.8. The van der Waals surface area contributed by atoms with Crippen LogP contribution in [0.15, 0.2) is 54.6 Å². The van der Waals surface area contributed by atoms with Gasteiger partial charge in [0.2, 0.25) is 0 Å². The molecule has 0 fully saturated rings. The van der Waals surface area contributed by atoms with Crippen LogP contribution in [-0.2, 0) is 15.9 Å². The second-order valence-corrected chi connectivity index (χ2v) is 10.0. The molecule has 196 valence electrons. The third-order valence-electron chi connectivity index (χ3n) is 6.16. The van der Waals surface area contributed by atoms with Gasteiger partial charge in [-0.1, -0.05) is 29.8 Å². The number of amides is 1. The van der Waals surface area contributed by atoms with Gasteiger partial charge in [-0.15, -0.1) is 0 Å². The summed E-state index contributed by atoms with van der Waals surface area (Å²) in [4.78, 5) is 28.7. The van der Waals surface area contributed by atoms with E-state index in [1.807, 2.05) is 51.1 Å². The molecule has 0 spiro atoms. The number of nitrogens with zero attached hydrogens (tertiary/aromatic N) is 1. The maximum Gasteiger partial charge on any atom is 0.255 e. The fourth-order valence-electron chi connectivity index (χ4n) is 3.79. The zero-order valence-electron chi connectivity index (χ0n) is 22.0. The molecule has 37 heavy (non-hydrogen) atoms. The van der Waals surface area contributed by atoms with Crippen molar-refractivity contribution in [3.8, 4) is 22.8 Å². The van der Waals surface area contributed by atoms with Gasteiger partial charge in [0.1, 0.15) is 5.60 Å². The number of primary amides is 1. The van der Waals surface area contributed by atoms with Crippen LogP contribution in [0.4, 0.5) is 0 Å². The highest BCUT2D eigenvalue weighted by Gasteiger charge is 2.29. The van der Waals surface area contributed by atoms with Crippen molar-refractivity contribution in [2.75, 3.05) is 13.7 Å². The minimum Gasteiger partial charge on any atom is -0.493 e. The smallest absolute Gasteiger partial charge is 0.255 e. The van der Waals surface area contributed by atoms with Crippen LogP contribution >= 0.6 is 0 Å². The van der Waals surface area contributed by atoms with E-state index in [0.29, 0.717) is 28.5 Å². The fraction of sp³-hybridized carbons (Fsp3) is 0.345. The van der Waals surface area contributed by atoms with Crippen molar-refractivity contribution in [1.29, 1.82) is 0 Å². The standard InChI is InChI=1S/C29H35N3O5/c1-18-6-8-19(9-7-18)22-15-21(28(2,3)31)16-26(32-22)29(4,35)13-12-23(33)20-10-11-24(25(14-20)36-5)37-17-27(30)34/h6-11,14-16,35H,12-13,17,31H2,1-5H3,(H2,30,34). The molecule has 0 aliphatic rings. The van der Waals surface area contributed by atoms with Crippen LogP contribution in [0.25, 0.3) is 11.3 Å². The first-order valence-corrected chi connectivity index (χ1v) is 12.0. The van der Waals surface area contributed by atoms with E-state index in [9.17, 15) is 14.7 Å². The molecule has 3 aromatic rings. The normalized spacial score (nSPS) is 13.1. The average Bonchev–Trinajstić information content (AvgIpc) is 2.85. The van der Waals surface area contributed by atoms with Crippen molar-refractivity contribution in [2.24, 2.45) is 11.5 Å². The number of hydrogen-bond donors (Lipinski definition) is 3. The zero-order chi connectivity index (χ0) is 27.4. The summed E-state index contributed by atoms with van der Waals surface area (Å²) in [5, 5.41) is 11.4. The Morgan fingerprint density at radius 2 is 1.68 bits per heavy atom. The number of carbonyl (C=O) groups excluding carboxylic acids is 2. The second kappa shape index (κ2) is 11.1. The summed E-state index contributed by atoms with van der Waals surface area (Å²) in [5.41, 5.74) is 13.9. The highest BCUT2D eigenvalue weighted by molar-refractivity contribution is 5.96. The Bertz CT molecular complexity index is 1280. The number of methoxy groups -OCH3 is 1. The summed E-state index contributed by atoms with van der Waals surface area (Å²) in [6, 6.07) is 16.4. The number of Topliss-reactive ketones (excluding diaryl/α,β-unsaturated/α-hetero) is 1. The number of carbonyl (C=O) groups is 2. The molecular formula is C29H35N3O5. The molecule has 0 aliphatic heterocycles. The molecule has 1 unspecified atom stereocenters. The molecule has 3 rings (SSSR count). The maximum atomic E-state index is 13.0. The van der Waals surface area contributed by atoms with Crippen LogP contribution in [0.3, 0.4) is 0 Å². The summed E-state index contributed by atoms with van der Waals surface area (Å²) in [6.07, 6.45) is 0.207. The van der Waals surface area contributed by atoms with E-state index in [1.54, 1.807) is 31.2 Å². The van der Waals surface area contributed by atoms with Gasteiger partial charge in [-0.05, 0) is 70.0 Å². The number of hydrogen-bond acceptors (Lipinski definition) is 7. The van der Waals surface area contributed by atoms with Crippen molar-refractivity contribution in [1.82, 2.24) is 4.98 Å². The van der Waals surface area contributed by atoms with Crippen LogP contribution in [-0.4, -0.2) is 35.5 Å². The van der Waals surface area contributed by atoms with E-state index in [0.717, 1.165) is 16.7 Å². The Balaban J connectivity index is 1.84. The molecule has 8 nitrogen and oxygen atoms in total. The minimum atomic E-state index is -1.38. The van der Waals surface area contributed by atoms with Gasteiger partial charge in [-0.25, -0.2) is 4.98 Å². The lowest BCUT2D eigenvalue weighted by atomic mass is 9.88. The Kier molecular flexibility index (Phi) is 8.35. The molecule has 0 bridgehead atoms. The molecule has 1 amide bonds. The predicted molar refractivity (Wildman–Crippen MR) is 142 cm³/mol. The lowest BCUT2D eigenvalue weighted by Crippen LogP contribution is -2.31. The number of ketones is 1. The Morgan fingerprint density at radius 1 is 1.00 bits per heavy atom. The highest BCUT2D eigenvalue weighted by atomic mass is 16.5. The minimum absolute atomic E-state index is 0.0649. The van der Waals surface area contributed by atoms with E-state index in [2.05, 4.69) is 0 Å². The number of benzene rings is 2. The lowest BCUT2D eigenvalue weighted by molar-refractivity contribution is -0.119. The summed E-state index contributed by atoms with van der Waals surface area (Å²) < 4.78 is 10.6. The molecular weight excluding hydrogens is 470 g/mol. The zero-order valence-corrected chi connectivity index (χ0v) is 22.0. The van der Waals surface area contributed by atoms with Crippen LogP contribution in [0.5, 0.6) is 11.5 Å². The molecule has 0 saturated carbocycles. The van der Waals surface area contributed by atoms with E-state index < -0.39 is 17.0 Å². The predicted octanol–water partition coefficient (Wildman–Crippen LogP) is 3.99. The van der Waals surface area contributed by atoms with Crippen molar-refractivity contribution in [2.45, 2.75) is 51.7 Å². The van der Waals surface area contributed by atoms with Gasteiger partial charge in [-0.2, -0.15) is 0 Å². The first-order chi connectivity index (χ1) is 17.3. The average molecular weight is 506 g/mol. The molecule has 1 aromatic heterocycles. The number of aryl methyl sites for hydroxylation is 1. The van der Waals surface area contributed by atoms with Crippen LogP contribution < -0.4 is 20.9 Å².